The molecule has 0 unspecified atom stereocenters. The molecule has 2 aromatic rings. The van der Waals surface area contributed by atoms with Crippen molar-refractivity contribution in [2.75, 3.05) is 13.2 Å². The summed E-state index contributed by atoms with van der Waals surface area (Å²) in [5.41, 5.74) is 0.965. The Morgan fingerprint density at radius 2 is 1.88 bits per heavy atom. The molecule has 1 fully saturated rings. The predicted molar refractivity (Wildman–Crippen MR) is 130 cm³/mol. The molecule has 0 N–H and O–H groups in total. The van der Waals surface area contributed by atoms with E-state index in [0.717, 1.165) is 16.7 Å². The number of carbonyl (C=O) groups is 3. The van der Waals surface area contributed by atoms with E-state index in [9.17, 15) is 18.8 Å². The van der Waals surface area contributed by atoms with E-state index in [4.69, 9.17) is 14.2 Å². The molecule has 1 saturated heterocycles. The zero-order valence-corrected chi connectivity index (χ0v) is 21.2. The maximum Gasteiger partial charge on any atom is 0.326 e. The summed E-state index contributed by atoms with van der Waals surface area (Å²) in [5, 5.41) is -0.553. The molecule has 0 atom stereocenters. The summed E-state index contributed by atoms with van der Waals surface area (Å²) in [4.78, 5) is 37.9. The van der Waals surface area contributed by atoms with E-state index in [1.54, 1.807) is 44.2 Å². The van der Waals surface area contributed by atoms with Crippen molar-refractivity contribution in [1.29, 1.82) is 0 Å². The van der Waals surface area contributed by atoms with E-state index in [0.29, 0.717) is 33.7 Å². The fourth-order valence-electron chi connectivity index (χ4n) is 3.02. The second kappa shape index (κ2) is 11.5. The van der Waals surface area contributed by atoms with E-state index in [-0.39, 0.29) is 23.4 Å². The molecule has 0 saturated carbocycles. The largest absolute Gasteiger partial charge is 0.490 e. The first-order chi connectivity index (χ1) is 16.2. The van der Waals surface area contributed by atoms with Gasteiger partial charge in [0.1, 0.15) is 19.0 Å². The molecular weight excluding hydrogens is 529 g/mol. The van der Waals surface area contributed by atoms with Crippen LogP contribution in [0.1, 0.15) is 31.9 Å². The molecule has 0 bridgehead atoms. The number of benzene rings is 2. The molecule has 1 aliphatic rings. The fourth-order valence-corrected chi connectivity index (χ4v) is 4.29. The number of ether oxygens (including phenoxy) is 3. The molecule has 0 aromatic heterocycles. The van der Waals surface area contributed by atoms with Gasteiger partial charge in [-0.25, -0.2) is 4.39 Å². The number of hydrogen-bond acceptors (Lipinski definition) is 7. The minimum atomic E-state index is -0.658. The van der Waals surface area contributed by atoms with Gasteiger partial charge in [0.25, 0.3) is 11.1 Å². The molecule has 2 amide bonds. The Bertz CT molecular complexity index is 1140. The quantitative estimate of drug-likeness (QED) is 0.298. The first-order valence-corrected chi connectivity index (χ1v) is 12.1. The number of esters is 1. The van der Waals surface area contributed by atoms with Crippen LogP contribution in [0.3, 0.4) is 0 Å². The monoisotopic (exact) mass is 551 g/mol. The van der Waals surface area contributed by atoms with Crippen molar-refractivity contribution in [3.8, 4) is 11.5 Å². The molecule has 10 heteroatoms. The van der Waals surface area contributed by atoms with Crippen LogP contribution in [0.2, 0.25) is 0 Å². The van der Waals surface area contributed by atoms with E-state index in [1.807, 2.05) is 6.92 Å². The zero-order valence-electron chi connectivity index (χ0n) is 18.8. The van der Waals surface area contributed by atoms with Crippen molar-refractivity contribution in [1.82, 2.24) is 4.90 Å². The minimum Gasteiger partial charge on any atom is -0.490 e. The van der Waals surface area contributed by atoms with Gasteiger partial charge in [0.15, 0.2) is 11.5 Å². The number of nitrogens with zero attached hydrogens (tertiary/aromatic N) is 1. The van der Waals surface area contributed by atoms with Crippen molar-refractivity contribution < 1.29 is 33.0 Å². The van der Waals surface area contributed by atoms with Gasteiger partial charge in [-0.3, -0.25) is 19.3 Å². The lowest BCUT2D eigenvalue weighted by atomic mass is 10.1. The predicted octanol–water partition coefficient (Wildman–Crippen LogP) is 5.55. The van der Waals surface area contributed by atoms with Crippen molar-refractivity contribution in [2.45, 2.75) is 33.5 Å². The van der Waals surface area contributed by atoms with E-state index < -0.39 is 23.7 Å². The molecule has 2 aromatic carbocycles. The number of halogens is 2. The Hall–Kier alpha value is -2.85. The van der Waals surface area contributed by atoms with Crippen LogP contribution in [0.5, 0.6) is 11.5 Å². The molecule has 180 valence electrons. The van der Waals surface area contributed by atoms with E-state index >= 15 is 0 Å². The molecule has 34 heavy (non-hydrogen) atoms. The van der Waals surface area contributed by atoms with Crippen LogP contribution in [0.4, 0.5) is 9.18 Å². The SMILES string of the molecule is CCOc1cc(/C=C2/SC(=O)N(CC(=O)OC(C)C)C2=O)c(Br)cc1OCc1ccccc1F. The van der Waals surface area contributed by atoms with E-state index in [1.165, 1.54) is 12.1 Å². The van der Waals surface area contributed by atoms with Gasteiger partial charge in [0.2, 0.25) is 0 Å². The van der Waals surface area contributed by atoms with Crippen LogP contribution in [-0.2, 0) is 20.9 Å². The average Bonchev–Trinajstić information content (AvgIpc) is 3.02. The number of carbonyl (C=O) groups excluding carboxylic acids is 3. The normalized spacial score (nSPS) is 14.8. The Labute approximate surface area is 209 Å². The van der Waals surface area contributed by atoms with Crippen molar-refractivity contribution in [2.24, 2.45) is 0 Å². The average molecular weight is 552 g/mol. The van der Waals surface area contributed by atoms with Gasteiger partial charge >= 0.3 is 5.97 Å². The highest BCUT2D eigenvalue weighted by atomic mass is 79.9. The third-order valence-electron chi connectivity index (χ3n) is 4.52. The molecule has 3 rings (SSSR count). The van der Waals surface area contributed by atoms with Crippen LogP contribution in [-0.4, -0.2) is 41.3 Å². The fraction of sp³-hybridized carbons (Fsp3) is 0.292. The van der Waals surface area contributed by atoms with Gasteiger partial charge in [0, 0.05) is 10.0 Å². The highest BCUT2D eigenvalue weighted by molar-refractivity contribution is 9.10. The van der Waals surface area contributed by atoms with Crippen LogP contribution in [0, 0.1) is 5.82 Å². The van der Waals surface area contributed by atoms with Gasteiger partial charge in [-0.05, 0) is 62.4 Å². The summed E-state index contributed by atoms with van der Waals surface area (Å²) in [6.45, 7) is 5.08. The van der Waals surface area contributed by atoms with Crippen molar-refractivity contribution >= 4 is 50.9 Å². The van der Waals surface area contributed by atoms with E-state index in [2.05, 4.69) is 15.9 Å². The summed E-state index contributed by atoms with van der Waals surface area (Å²) in [6.07, 6.45) is 1.18. The molecule has 1 heterocycles. The Morgan fingerprint density at radius 3 is 2.56 bits per heavy atom. The summed E-state index contributed by atoms with van der Waals surface area (Å²) in [5.74, 6) is -0.828. The molecular formula is C24H23BrFNO6S. The van der Waals surface area contributed by atoms with Crippen LogP contribution in [0.15, 0.2) is 45.8 Å². The number of hydrogen-bond donors (Lipinski definition) is 0. The van der Waals surface area contributed by atoms with Gasteiger partial charge in [0.05, 0.1) is 17.6 Å². The van der Waals surface area contributed by atoms with Crippen LogP contribution >= 0.6 is 27.7 Å². The smallest absolute Gasteiger partial charge is 0.326 e. The maximum absolute atomic E-state index is 13.9. The van der Waals surface area contributed by atoms with Crippen molar-refractivity contribution in [3.05, 3.63) is 62.7 Å². The second-order valence-corrected chi connectivity index (χ2v) is 9.29. The van der Waals surface area contributed by atoms with Gasteiger partial charge < -0.3 is 14.2 Å². The third-order valence-corrected chi connectivity index (χ3v) is 6.11. The molecule has 0 radical (unpaired) electrons. The summed E-state index contributed by atoms with van der Waals surface area (Å²) in [7, 11) is 0. The highest BCUT2D eigenvalue weighted by Crippen LogP contribution is 2.38. The maximum atomic E-state index is 13.9. The lowest BCUT2D eigenvalue weighted by molar-refractivity contribution is -0.149. The third kappa shape index (κ3) is 6.38. The standard InChI is InChI=1S/C24H23BrFNO6S/c1-4-31-19-9-16(17(25)11-20(19)32-13-15-7-5-6-8-18(15)26)10-21-23(29)27(24(30)34-21)12-22(28)33-14(2)3/h5-11,14H,4,12-13H2,1-3H3/b21-10+. The number of rotatable bonds is 9. The molecule has 7 nitrogen and oxygen atoms in total. The van der Waals surface area contributed by atoms with Gasteiger partial charge in [-0.1, -0.05) is 34.1 Å². The first kappa shape index (κ1) is 25.8. The van der Waals surface area contributed by atoms with Gasteiger partial charge in [-0.15, -0.1) is 0 Å². The summed E-state index contributed by atoms with van der Waals surface area (Å²) >= 11 is 4.19. The highest BCUT2D eigenvalue weighted by Gasteiger charge is 2.37. The number of amides is 2. The lowest BCUT2D eigenvalue weighted by Crippen LogP contribution is -2.35. The Morgan fingerprint density at radius 1 is 1.18 bits per heavy atom. The topological polar surface area (TPSA) is 82.1 Å². The lowest BCUT2D eigenvalue weighted by Gasteiger charge is -2.15. The zero-order chi connectivity index (χ0) is 24.8. The Balaban J connectivity index is 1.82. The van der Waals surface area contributed by atoms with Crippen molar-refractivity contribution in [3.63, 3.8) is 0 Å². The number of thioether (sulfide) groups is 1. The summed E-state index contributed by atoms with van der Waals surface area (Å²) in [6, 6.07) is 9.63. The van der Waals surface area contributed by atoms with Gasteiger partial charge in [-0.2, -0.15) is 0 Å². The second-order valence-electron chi connectivity index (χ2n) is 7.44. The first-order valence-electron chi connectivity index (χ1n) is 10.5. The molecule has 1 aliphatic heterocycles. The summed E-state index contributed by atoms with van der Waals surface area (Å²) < 4.78 is 31.0. The minimum absolute atomic E-state index is 0.00387. The number of imide groups is 1. The van der Waals surface area contributed by atoms with Crippen LogP contribution < -0.4 is 9.47 Å². The molecule has 0 spiro atoms. The van der Waals surface area contributed by atoms with Crippen LogP contribution in [0.25, 0.3) is 6.08 Å². The Kier molecular flexibility index (Phi) is 8.73. The molecule has 0 aliphatic carbocycles.